The molecule has 1 aliphatic heterocycles. The molecule has 216 valence electrons. The van der Waals surface area contributed by atoms with E-state index in [-0.39, 0.29) is 24.1 Å². The normalized spacial score (nSPS) is 22.7. The van der Waals surface area contributed by atoms with Gasteiger partial charge in [-0.05, 0) is 44.5 Å². The molecule has 0 aliphatic carbocycles. The van der Waals surface area contributed by atoms with Crippen molar-refractivity contribution in [3.8, 4) is 17.4 Å². The molecular weight excluding hydrogens is 527 g/mol. The molecule has 5 atom stereocenters. The summed E-state index contributed by atoms with van der Waals surface area (Å²) in [6.45, 7) is 5.13. The molecule has 4 rings (SSSR count). The van der Waals surface area contributed by atoms with Crippen LogP contribution >= 0.6 is 0 Å². The van der Waals surface area contributed by atoms with Crippen LogP contribution in [-0.2, 0) is 15.9 Å². The lowest BCUT2D eigenvalue weighted by molar-refractivity contribution is -0.278. The molecule has 0 spiro atoms. The van der Waals surface area contributed by atoms with E-state index in [2.05, 4.69) is 5.10 Å². The summed E-state index contributed by atoms with van der Waals surface area (Å²) in [5.41, 5.74) is 1.60. The molecule has 0 radical (unpaired) electrons. The molecular formula is C28H33FN2O9. The minimum absolute atomic E-state index is 0.0530. The van der Waals surface area contributed by atoms with E-state index in [1.165, 1.54) is 13.2 Å². The zero-order valence-corrected chi connectivity index (χ0v) is 22.6. The number of benzene rings is 2. The topological polar surface area (TPSA) is 142 Å². The Morgan fingerprint density at radius 2 is 1.80 bits per heavy atom. The van der Waals surface area contributed by atoms with Crippen molar-refractivity contribution in [3.63, 3.8) is 0 Å². The monoisotopic (exact) mass is 560 g/mol. The standard InChI is InChI=1S/C28H33FN2O9/c1-15(2)31-16(3)20(12-17-10-11-19(36-4)13-21(17)29)26(30-31)40-27-25(34)24(33)23(32)22(39-27)14-37-28(35)38-18-8-6-5-7-9-18/h5-11,13,15,22-25,27,32-34H,12,14H2,1-4H3/t22-,23-,24+,25-,27+/m1/s1. The van der Waals surface area contributed by atoms with Gasteiger partial charge in [-0.1, -0.05) is 24.3 Å². The molecule has 2 heterocycles. The van der Waals surface area contributed by atoms with Crippen molar-refractivity contribution in [3.05, 3.63) is 71.2 Å². The molecule has 1 saturated heterocycles. The van der Waals surface area contributed by atoms with Crippen LogP contribution in [0.5, 0.6) is 17.4 Å². The summed E-state index contributed by atoms with van der Waals surface area (Å²) in [4.78, 5) is 12.1. The molecule has 0 amide bonds. The number of aliphatic hydroxyl groups is 3. The lowest BCUT2D eigenvalue weighted by atomic mass is 9.99. The number of carbonyl (C=O) groups excluding carboxylic acids is 1. The Bertz CT molecular complexity index is 1300. The van der Waals surface area contributed by atoms with Gasteiger partial charge in [-0.15, -0.1) is 5.10 Å². The second kappa shape index (κ2) is 12.6. The van der Waals surface area contributed by atoms with E-state index in [1.807, 2.05) is 20.8 Å². The smallest absolute Gasteiger partial charge is 0.497 e. The summed E-state index contributed by atoms with van der Waals surface area (Å²) in [7, 11) is 1.45. The van der Waals surface area contributed by atoms with E-state index in [0.29, 0.717) is 22.6 Å². The summed E-state index contributed by atoms with van der Waals surface area (Å²) in [5, 5.41) is 36.0. The number of nitrogens with zero attached hydrogens (tertiary/aromatic N) is 2. The van der Waals surface area contributed by atoms with Gasteiger partial charge in [-0.25, -0.2) is 9.18 Å². The molecule has 1 fully saturated rings. The fraction of sp³-hybridized carbons (Fsp3) is 0.429. The zero-order valence-electron chi connectivity index (χ0n) is 22.6. The van der Waals surface area contributed by atoms with Crippen LogP contribution < -0.4 is 14.2 Å². The second-order valence-corrected chi connectivity index (χ2v) is 9.65. The third-order valence-electron chi connectivity index (χ3n) is 6.56. The van der Waals surface area contributed by atoms with E-state index >= 15 is 0 Å². The molecule has 3 N–H and O–H groups in total. The van der Waals surface area contributed by atoms with Crippen molar-refractivity contribution in [2.45, 2.75) is 63.9 Å². The number of rotatable bonds is 9. The predicted molar refractivity (Wildman–Crippen MR) is 139 cm³/mol. The maximum atomic E-state index is 14.8. The first-order chi connectivity index (χ1) is 19.1. The first kappa shape index (κ1) is 29.3. The number of hydrogen-bond donors (Lipinski definition) is 3. The summed E-state index contributed by atoms with van der Waals surface area (Å²) in [6, 6.07) is 12.7. The molecule has 12 heteroatoms. The Kier molecular flexibility index (Phi) is 9.25. The van der Waals surface area contributed by atoms with Crippen molar-refractivity contribution in [1.82, 2.24) is 9.78 Å². The van der Waals surface area contributed by atoms with Crippen LogP contribution in [0.2, 0.25) is 0 Å². The van der Waals surface area contributed by atoms with Crippen molar-refractivity contribution in [2.75, 3.05) is 13.7 Å². The fourth-order valence-electron chi connectivity index (χ4n) is 4.34. The molecule has 1 aromatic heterocycles. The van der Waals surface area contributed by atoms with Crippen molar-refractivity contribution < 1.29 is 48.2 Å². The molecule has 0 saturated carbocycles. The van der Waals surface area contributed by atoms with Gasteiger partial charge in [0.15, 0.2) is 0 Å². The zero-order chi connectivity index (χ0) is 29.0. The first-order valence-corrected chi connectivity index (χ1v) is 12.7. The van der Waals surface area contributed by atoms with E-state index in [0.717, 1.165) is 0 Å². The lowest BCUT2D eigenvalue weighted by Gasteiger charge is -2.39. The summed E-state index contributed by atoms with van der Waals surface area (Å²) >= 11 is 0. The van der Waals surface area contributed by atoms with Crippen LogP contribution in [0.25, 0.3) is 0 Å². The van der Waals surface area contributed by atoms with Crippen LogP contribution in [-0.4, -0.2) is 75.7 Å². The highest BCUT2D eigenvalue weighted by Crippen LogP contribution is 2.31. The van der Waals surface area contributed by atoms with Gasteiger partial charge < -0.3 is 39.0 Å². The molecule has 0 bridgehead atoms. The number of para-hydroxylation sites is 1. The minimum Gasteiger partial charge on any atom is -0.497 e. The number of carbonyl (C=O) groups is 1. The first-order valence-electron chi connectivity index (χ1n) is 12.7. The molecule has 2 aromatic carbocycles. The highest BCUT2D eigenvalue weighted by atomic mass is 19.1. The molecule has 11 nitrogen and oxygen atoms in total. The number of aromatic nitrogens is 2. The molecule has 1 aliphatic rings. The van der Waals surface area contributed by atoms with Gasteiger partial charge in [-0.3, -0.25) is 4.68 Å². The maximum Gasteiger partial charge on any atom is 0.513 e. The number of aliphatic hydroxyl groups excluding tert-OH is 3. The van der Waals surface area contributed by atoms with Gasteiger partial charge in [0.25, 0.3) is 0 Å². The Balaban J connectivity index is 1.52. The van der Waals surface area contributed by atoms with Gasteiger partial charge in [0, 0.05) is 29.8 Å². The fourth-order valence-corrected chi connectivity index (χ4v) is 4.34. The maximum absolute atomic E-state index is 14.8. The van der Waals surface area contributed by atoms with Gasteiger partial charge in [0.1, 0.15) is 48.3 Å². The van der Waals surface area contributed by atoms with E-state index in [1.54, 1.807) is 47.1 Å². The average molecular weight is 561 g/mol. The summed E-state index contributed by atoms with van der Waals surface area (Å²) < 4.78 is 43.3. The van der Waals surface area contributed by atoms with E-state index in [4.69, 9.17) is 23.7 Å². The van der Waals surface area contributed by atoms with Crippen LogP contribution in [0.1, 0.15) is 36.7 Å². The van der Waals surface area contributed by atoms with Gasteiger partial charge in [0.2, 0.25) is 12.2 Å². The van der Waals surface area contributed by atoms with E-state index < -0.39 is 49.3 Å². The SMILES string of the molecule is COc1ccc(Cc2c(O[C@@H]3O[C@H](COC(=O)Oc4ccccc4)[C@@H](O)[C@H](O)[C@H]3O)nn(C(C)C)c2C)c(F)c1. The Morgan fingerprint density at radius 1 is 1.07 bits per heavy atom. The van der Waals surface area contributed by atoms with Gasteiger partial charge in [-0.2, -0.15) is 0 Å². The second-order valence-electron chi connectivity index (χ2n) is 9.65. The van der Waals surface area contributed by atoms with E-state index in [9.17, 15) is 24.5 Å². The molecule has 40 heavy (non-hydrogen) atoms. The third-order valence-corrected chi connectivity index (χ3v) is 6.56. The largest absolute Gasteiger partial charge is 0.513 e. The third kappa shape index (κ3) is 6.53. The van der Waals surface area contributed by atoms with Gasteiger partial charge in [0.05, 0.1) is 7.11 Å². The highest BCUT2D eigenvalue weighted by molar-refractivity contribution is 5.63. The average Bonchev–Trinajstić information content (AvgIpc) is 3.24. The highest BCUT2D eigenvalue weighted by Gasteiger charge is 2.46. The minimum atomic E-state index is -1.69. The summed E-state index contributed by atoms with van der Waals surface area (Å²) in [5.74, 6) is 0.206. The number of ether oxygens (including phenoxy) is 5. The van der Waals surface area contributed by atoms with Gasteiger partial charge >= 0.3 is 6.16 Å². The van der Waals surface area contributed by atoms with Crippen LogP contribution in [0.3, 0.4) is 0 Å². The Labute approximate surface area is 230 Å². The Hall–Kier alpha value is -3.71. The van der Waals surface area contributed by atoms with Crippen molar-refractivity contribution in [1.29, 1.82) is 0 Å². The lowest BCUT2D eigenvalue weighted by Crippen LogP contribution is -2.60. The van der Waals surface area contributed by atoms with Crippen molar-refractivity contribution in [2.24, 2.45) is 0 Å². The number of halogens is 1. The summed E-state index contributed by atoms with van der Waals surface area (Å²) in [6.07, 6.45) is -8.65. The van der Waals surface area contributed by atoms with Crippen molar-refractivity contribution >= 4 is 6.16 Å². The molecule has 3 aromatic rings. The quantitative estimate of drug-likeness (QED) is 0.264. The molecule has 0 unspecified atom stereocenters. The van der Waals surface area contributed by atoms with Crippen LogP contribution in [0.4, 0.5) is 9.18 Å². The number of methoxy groups -OCH3 is 1. The Morgan fingerprint density at radius 3 is 2.45 bits per heavy atom. The number of hydrogen-bond acceptors (Lipinski definition) is 10. The van der Waals surface area contributed by atoms with Crippen LogP contribution in [0.15, 0.2) is 48.5 Å². The predicted octanol–water partition coefficient (Wildman–Crippen LogP) is 2.91. The van der Waals surface area contributed by atoms with Crippen LogP contribution in [0, 0.1) is 12.7 Å².